The maximum absolute atomic E-state index is 12.1. The van der Waals surface area contributed by atoms with Gasteiger partial charge in [0.15, 0.2) is 5.17 Å². The van der Waals surface area contributed by atoms with Crippen molar-refractivity contribution >= 4 is 28.5 Å². The highest BCUT2D eigenvalue weighted by molar-refractivity contribution is 8.15. The van der Waals surface area contributed by atoms with E-state index in [0.717, 1.165) is 23.6 Å². The van der Waals surface area contributed by atoms with Gasteiger partial charge >= 0.3 is 0 Å². The summed E-state index contributed by atoms with van der Waals surface area (Å²) >= 11 is 1.50. The van der Waals surface area contributed by atoms with Crippen molar-refractivity contribution in [1.82, 2.24) is 4.90 Å². The fraction of sp³-hybridized carbons (Fsp3) is 0.500. The summed E-state index contributed by atoms with van der Waals surface area (Å²) in [4.78, 5) is 13.9. The molecule has 122 valence electrons. The number of rotatable bonds is 3. The Morgan fingerprint density at radius 2 is 1.65 bits per heavy atom. The van der Waals surface area contributed by atoms with Crippen LogP contribution in [0, 0.1) is 0 Å². The molecule has 1 aliphatic carbocycles. The third-order valence-electron chi connectivity index (χ3n) is 4.25. The van der Waals surface area contributed by atoms with Crippen LogP contribution in [0.15, 0.2) is 40.5 Å². The molecule has 1 aromatic carbocycles. The van der Waals surface area contributed by atoms with Crippen LogP contribution in [0.25, 0.3) is 0 Å². The molecule has 2 aliphatic rings. The predicted octanol–water partition coefficient (Wildman–Crippen LogP) is 4.22. The molecule has 0 atom stereocenters. The van der Waals surface area contributed by atoms with Crippen molar-refractivity contribution in [3.63, 3.8) is 0 Å². The summed E-state index contributed by atoms with van der Waals surface area (Å²) in [5.74, 6) is 0.590. The number of carbonyl (C=O) groups is 1. The molecule has 0 spiro atoms. The number of amidine groups is 1. The van der Waals surface area contributed by atoms with E-state index in [1.165, 1.54) is 49.6 Å². The molecule has 0 unspecified atom stereocenters. The third kappa shape index (κ3) is 4.67. The number of amides is 1. The van der Waals surface area contributed by atoms with Crippen molar-refractivity contribution < 1.29 is 4.79 Å². The van der Waals surface area contributed by atoms with E-state index in [-0.39, 0.29) is 5.91 Å². The van der Waals surface area contributed by atoms with Crippen LogP contribution in [0.3, 0.4) is 0 Å². The molecule has 23 heavy (non-hydrogen) atoms. The summed E-state index contributed by atoms with van der Waals surface area (Å²) in [6, 6.07) is 10.0. The number of thioether (sulfide) groups is 1. The lowest BCUT2D eigenvalue weighted by atomic mass is 9.99. The molecule has 1 amide bonds. The van der Waals surface area contributed by atoms with Gasteiger partial charge in [-0.25, -0.2) is 0 Å². The maximum Gasteiger partial charge on any atom is 0.239 e. The average molecular weight is 329 g/mol. The van der Waals surface area contributed by atoms with Gasteiger partial charge in [-0.1, -0.05) is 61.4 Å². The van der Waals surface area contributed by atoms with Crippen LogP contribution in [0.5, 0.6) is 0 Å². The highest BCUT2D eigenvalue weighted by atomic mass is 32.2. The molecule has 1 aromatic rings. The van der Waals surface area contributed by atoms with Gasteiger partial charge in [0.25, 0.3) is 0 Å². The monoisotopic (exact) mass is 329 g/mol. The van der Waals surface area contributed by atoms with E-state index in [1.54, 1.807) is 4.90 Å². The van der Waals surface area contributed by atoms with E-state index in [9.17, 15) is 4.79 Å². The zero-order chi connectivity index (χ0) is 15.9. The first-order valence-corrected chi connectivity index (χ1v) is 9.42. The Morgan fingerprint density at radius 3 is 2.39 bits per heavy atom. The quantitative estimate of drug-likeness (QED) is 0.779. The van der Waals surface area contributed by atoms with Crippen molar-refractivity contribution in [3.8, 4) is 0 Å². The van der Waals surface area contributed by atoms with E-state index in [2.05, 4.69) is 10.2 Å². The van der Waals surface area contributed by atoms with Gasteiger partial charge in [-0.15, -0.1) is 5.10 Å². The lowest BCUT2D eigenvalue weighted by molar-refractivity contribution is -0.124. The Hall–Kier alpha value is -1.62. The smallest absolute Gasteiger partial charge is 0.239 e. The second kappa shape index (κ2) is 8.29. The van der Waals surface area contributed by atoms with Gasteiger partial charge in [0.2, 0.25) is 5.91 Å². The Balaban J connectivity index is 1.70. The Kier molecular flexibility index (Phi) is 5.86. The van der Waals surface area contributed by atoms with Crippen LogP contribution in [0.1, 0.15) is 50.5 Å². The number of nitrogens with zero attached hydrogens (tertiary/aromatic N) is 3. The topological polar surface area (TPSA) is 45.0 Å². The lowest BCUT2D eigenvalue weighted by Gasteiger charge is -2.15. The summed E-state index contributed by atoms with van der Waals surface area (Å²) in [7, 11) is 0. The van der Waals surface area contributed by atoms with Gasteiger partial charge < -0.3 is 0 Å². The second-order valence-corrected chi connectivity index (χ2v) is 7.01. The number of hydrogen-bond acceptors (Lipinski definition) is 4. The maximum atomic E-state index is 12.1. The SMILES string of the molecule is O=C1CS/C(=N/N=C2CCCCCCC2)N1Cc1ccccc1. The summed E-state index contributed by atoms with van der Waals surface area (Å²) in [5.41, 5.74) is 2.31. The molecule has 2 fully saturated rings. The van der Waals surface area contributed by atoms with E-state index >= 15 is 0 Å². The summed E-state index contributed by atoms with van der Waals surface area (Å²) in [6.45, 7) is 0.580. The number of hydrogen-bond donors (Lipinski definition) is 0. The molecule has 1 heterocycles. The normalized spacial score (nSPS) is 21.4. The first kappa shape index (κ1) is 16.2. The summed E-state index contributed by atoms with van der Waals surface area (Å²) < 4.78 is 0. The van der Waals surface area contributed by atoms with Gasteiger partial charge in [-0.05, 0) is 31.2 Å². The second-order valence-electron chi connectivity index (χ2n) is 6.07. The molecule has 0 bridgehead atoms. The first-order valence-electron chi connectivity index (χ1n) is 8.43. The van der Waals surface area contributed by atoms with Crippen molar-refractivity contribution in [2.24, 2.45) is 10.2 Å². The van der Waals surface area contributed by atoms with Crippen molar-refractivity contribution in [1.29, 1.82) is 0 Å². The predicted molar refractivity (Wildman–Crippen MR) is 96.6 cm³/mol. The van der Waals surface area contributed by atoms with Gasteiger partial charge in [-0.2, -0.15) is 5.10 Å². The molecular formula is C18H23N3OS. The van der Waals surface area contributed by atoms with Crippen LogP contribution >= 0.6 is 11.8 Å². The zero-order valence-corrected chi connectivity index (χ0v) is 14.2. The molecular weight excluding hydrogens is 306 g/mol. The molecule has 1 saturated carbocycles. The minimum atomic E-state index is 0.121. The molecule has 5 heteroatoms. The summed E-state index contributed by atoms with van der Waals surface area (Å²) in [6.07, 6.45) is 8.46. The van der Waals surface area contributed by atoms with Crippen molar-refractivity contribution in [2.75, 3.05) is 5.75 Å². The average Bonchev–Trinajstić information content (AvgIpc) is 2.88. The molecule has 0 radical (unpaired) electrons. The van der Waals surface area contributed by atoms with Gasteiger partial charge in [0.05, 0.1) is 12.3 Å². The van der Waals surface area contributed by atoms with Crippen molar-refractivity contribution in [3.05, 3.63) is 35.9 Å². The van der Waals surface area contributed by atoms with E-state index in [4.69, 9.17) is 0 Å². The fourth-order valence-electron chi connectivity index (χ4n) is 2.92. The minimum Gasteiger partial charge on any atom is -0.285 e. The Bertz CT molecular complexity index is 588. The van der Waals surface area contributed by atoms with Crippen LogP contribution in [0.2, 0.25) is 0 Å². The Labute approximate surface area is 142 Å². The van der Waals surface area contributed by atoms with Crippen LogP contribution in [-0.4, -0.2) is 27.4 Å². The van der Waals surface area contributed by atoms with E-state index < -0.39 is 0 Å². The standard InChI is InChI=1S/C18H23N3OS/c22-17-14-23-18(21(17)13-15-9-5-4-6-10-15)20-19-16-11-7-2-1-3-8-12-16/h4-6,9-10H,1-3,7-8,11-14H2/b20-18+. The minimum absolute atomic E-state index is 0.121. The zero-order valence-electron chi connectivity index (χ0n) is 13.4. The van der Waals surface area contributed by atoms with Crippen LogP contribution in [0.4, 0.5) is 0 Å². The molecule has 3 rings (SSSR count). The first-order chi connectivity index (χ1) is 11.3. The van der Waals surface area contributed by atoms with E-state index in [0.29, 0.717) is 12.3 Å². The molecule has 1 saturated heterocycles. The number of carbonyl (C=O) groups excluding carboxylic acids is 1. The van der Waals surface area contributed by atoms with Gasteiger partial charge in [0, 0.05) is 5.71 Å². The molecule has 4 nitrogen and oxygen atoms in total. The van der Waals surface area contributed by atoms with Crippen molar-refractivity contribution in [2.45, 2.75) is 51.5 Å². The fourth-order valence-corrected chi connectivity index (χ4v) is 3.75. The molecule has 1 aliphatic heterocycles. The van der Waals surface area contributed by atoms with Crippen LogP contribution in [-0.2, 0) is 11.3 Å². The Morgan fingerprint density at radius 1 is 0.957 bits per heavy atom. The largest absolute Gasteiger partial charge is 0.285 e. The van der Waals surface area contributed by atoms with Gasteiger partial charge in [-0.3, -0.25) is 9.69 Å². The molecule has 0 N–H and O–H groups in total. The highest BCUT2D eigenvalue weighted by Gasteiger charge is 2.28. The number of benzene rings is 1. The highest BCUT2D eigenvalue weighted by Crippen LogP contribution is 2.22. The lowest BCUT2D eigenvalue weighted by Crippen LogP contribution is -2.28. The summed E-state index contributed by atoms with van der Waals surface area (Å²) in [5, 5.41) is 9.65. The third-order valence-corrected chi connectivity index (χ3v) is 5.20. The van der Waals surface area contributed by atoms with Crippen LogP contribution < -0.4 is 0 Å². The van der Waals surface area contributed by atoms with Gasteiger partial charge in [0.1, 0.15) is 0 Å². The van der Waals surface area contributed by atoms with E-state index in [1.807, 2.05) is 30.3 Å². The molecule has 0 aromatic heterocycles.